The van der Waals surface area contributed by atoms with Crippen molar-refractivity contribution >= 4 is 35.0 Å². The smallest absolute Gasteiger partial charge is 0.234 e. The minimum Gasteiger partial charge on any atom is -0.325 e. The van der Waals surface area contributed by atoms with Gasteiger partial charge < -0.3 is 10.6 Å². The van der Waals surface area contributed by atoms with Crippen molar-refractivity contribution in [3.63, 3.8) is 0 Å². The van der Waals surface area contributed by atoms with Gasteiger partial charge in [-0.05, 0) is 37.1 Å². The number of thioether (sulfide) groups is 1. The second kappa shape index (κ2) is 9.94. The van der Waals surface area contributed by atoms with E-state index >= 15 is 0 Å². The molecule has 29 heavy (non-hydrogen) atoms. The molecule has 0 radical (unpaired) electrons. The highest BCUT2D eigenvalue weighted by molar-refractivity contribution is 8.00. The van der Waals surface area contributed by atoms with E-state index < -0.39 is 0 Å². The van der Waals surface area contributed by atoms with Crippen LogP contribution in [0.3, 0.4) is 0 Å². The number of para-hydroxylation sites is 1. The topological polar surface area (TPSA) is 58.2 Å². The van der Waals surface area contributed by atoms with Crippen LogP contribution in [0.4, 0.5) is 11.4 Å². The van der Waals surface area contributed by atoms with Crippen molar-refractivity contribution in [2.45, 2.75) is 13.8 Å². The average Bonchev–Trinajstić information content (AvgIpc) is 2.71. The molecule has 0 atom stereocenters. The third kappa shape index (κ3) is 5.96. The van der Waals surface area contributed by atoms with Crippen LogP contribution in [-0.4, -0.2) is 23.3 Å². The Morgan fingerprint density at radius 3 is 2.07 bits per heavy atom. The first-order valence-electron chi connectivity index (χ1n) is 9.42. The standard InChI is InChI=1S/C24H24N2O2S/c1-17-12-13-21(18(2)14-17)25-23(27)15-29-16-24(28)26-22-11-7-6-10-20(22)19-8-4-3-5-9-19/h3-14H,15-16H2,1-2H3,(H,25,27)(H,26,28). The minimum atomic E-state index is -0.127. The number of aryl methyl sites for hydroxylation is 2. The Hall–Kier alpha value is -3.05. The molecule has 4 nitrogen and oxygen atoms in total. The largest absolute Gasteiger partial charge is 0.325 e. The van der Waals surface area contributed by atoms with Gasteiger partial charge in [-0.1, -0.05) is 66.2 Å². The molecule has 0 spiro atoms. The first-order chi connectivity index (χ1) is 14.0. The van der Waals surface area contributed by atoms with E-state index in [1.807, 2.05) is 86.6 Å². The summed E-state index contributed by atoms with van der Waals surface area (Å²) in [5, 5.41) is 5.86. The zero-order valence-corrected chi connectivity index (χ0v) is 17.4. The molecule has 3 rings (SSSR count). The highest BCUT2D eigenvalue weighted by atomic mass is 32.2. The van der Waals surface area contributed by atoms with Gasteiger partial charge in [0.05, 0.1) is 11.5 Å². The second-order valence-corrected chi connectivity index (χ2v) is 7.80. The first kappa shape index (κ1) is 20.7. The molecule has 0 heterocycles. The summed E-state index contributed by atoms with van der Waals surface area (Å²) in [4.78, 5) is 24.5. The predicted molar refractivity (Wildman–Crippen MR) is 122 cm³/mol. The fourth-order valence-electron chi connectivity index (χ4n) is 3.02. The summed E-state index contributed by atoms with van der Waals surface area (Å²) >= 11 is 1.29. The van der Waals surface area contributed by atoms with Gasteiger partial charge in [0.15, 0.2) is 0 Å². The van der Waals surface area contributed by atoms with Crippen molar-refractivity contribution in [3.05, 3.63) is 83.9 Å². The summed E-state index contributed by atoms with van der Waals surface area (Å²) in [5.41, 5.74) is 5.77. The van der Waals surface area contributed by atoms with Crippen molar-refractivity contribution in [2.75, 3.05) is 22.1 Å². The zero-order chi connectivity index (χ0) is 20.6. The molecule has 0 bridgehead atoms. The summed E-state index contributed by atoms with van der Waals surface area (Å²) < 4.78 is 0. The molecule has 2 N–H and O–H groups in total. The van der Waals surface area contributed by atoms with Gasteiger partial charge in [-0.3, -0.25) is 9.59 Å². The monoisotopic (exact) mass is 404 g/mol. The summed E-state index contributed by atoms with van der Waals surface area (Å²) in [7, 11) is 0. The number of amides is 2. The van der Waals surface area contributed by atoms with E-state index in [0.717, 1.165) is 33.6 Å². The van der Waals surface area contributed by atoms with Gasteiger partial charge in [0, 0.05) is 16.9 Å². The summed E-state index contributed by atoms with van der Waals surface area (Å²) in [5.74, 6) is 0.196. The summed E-state index contributed by atoms with van der Waals surface area (Å²) in [6, 6.07) is 23.5. The lowest BCUT2D eigenvalue weighted by Crippen LogP contribution is -2.19. The van der Waals surface area contributed by atoms with Crippen molar-refractivity contribution < 1.29 is 9.59 Å². The van der Waals surface area contributed by atoms with Crippen LogP contribution >= 0.6 is 11.8 Å². The van der Waals surface area contributed by atoms with Crippen LogP contribution in [0.1, 0.15) is 11.1 Å². The van der Waals surface area contributed by atoms with Crippen LogP contribution in [0.15, 0.2) is 72.8 Å². The molecular weight excluding hydrogens is 380 g/mol. The molecular formula is C24H24N2O2S. The van der Waals surface area contributed by atoms with Crippen LogP contribution in [0, 0.1) is 13.8 Å². The molecule has 0 saturated heterocycles. The van der Waals surface area contributed by atoms with Gasteiger partial charge in [-0.25, -0.2) is 0 Å². The van der Waals surface area contributed by atoms with Crippen molar-refractivity contribution in [1.82, 2.24) is 0 Å². The zero-order valence-electron chi connectivity index (χ0n) is 16.6. The molecule has 0 aliphatic rings. The van der Waals surface area contributed by atoms with E-state index in [2.05, 4.69) is 10.6 Å². The molecule has 2 amide bonds. The number of hydrogen-bond donors (Lipinski definition) is 2. The highest BCUT2D eigenvalue weighted by Gasteiger charge is 2.10. The van der Waals surface area contributed by atoms with E-state index in [1.54, 1.807) is 0 Å². The third-order valence-corrected chi connectivity index (χ3v) is 5.34. The van der Waals surface area contributed by atoms with Crippen LogP contribution < -0.4 is 10.6 Å². The molecule has 5 heteroatoms. The van der Waals surface area contributed by atoms with Crippen molar-refractivity contribution in [2.24, 2.45) is 0 Å². The number of anilines is 2. The van der Waals surface area contributed by atoms with E-state index in [9.17, 15) is 9.59 Å². The van der Waals surface area contributed by atoms with Gasteiger partial charge in [0.2, 0.25) is 11.8 Å². The van der Waals surface area contributed by atoms with Gasteiger partial charge in [0.25, 0.3) is 0 Å². The third-order valence-electron chi connectivity index (χ3n) is 4.41. The Balaban J connectivity index is 1.51. The van der Waals surface area contributed by atoms with E-state index in [-0.39, 0.29) is 23.3 Å². The van der Waals surface area contributed by atoms with Gasteiger partial charge >= 0.3 is 0 Å². The second-order valence-electron chi connectivity index (χ2n) is 6.82. The van der Waals surface area contributed by atoms with Crippen LogP contribution in [0.2, 0.25) is 0 Å². The Bertz CT molecular complexity index is 1000. The summed E-state index contributed by atoms with van der Waals surface area (Å²) in [6.45, 7) is 3.98. The highest BCUT2D eigenvalue weighted by Crippen LogP contribution is 2.27. The van der Waals surface area contributed by atoms with E-state index in [0.29, 0.717) is 0 Å². The van der Waals surface area contributed by atoms with Gasteiger partial charge in [0.1, 0.15) is 0 Å². The fourth-order valence-corrected chi connectivity index (χ4v) is 3.64. The number of rotatable bonds is 7. The predicted octanol–water partition coefficient (Wildman–Crippen LogP) is 5.28. The molecule has 0 aliphatic carbocycles. The quantitative estimate of drug-likeness (QED) is 0.563. The molecule has 148 valence electrons. The molecule has 0 saturated carbocycles. The Morgan fingerprint density at radius 2 is 1.38 bits per heavy atom. The summed E-state index contributed by atoms with van der Waals surface area (Å²) in [6.07, 6.45) is 0. The van der Waals surface area contributed by atoms with Crippen molar-refractivity contribution in [1.29, 1.82) is 0 Å². The van der Waals surface area contributed by atoms with E-state index in [1.165, 1.54) is 11.8 Å². The Kier molecular flexibility index (Phi) is 7.09. The normalized spacial score (nSPS) is 10.4. The minimum absolute atomic E-state index is 0.112. The molecule has 0 unspecified atom stereocenters. The fraction of sp³-hybridized carbons (Fsp3) is 0.167. The molecule has 3 aromatic rings. The lowest BCUT2D eigenvalue weighted by Gasteiger charge is -2.11. The number of hydrogen-bond acceptors (Lipinski definition) is 3. The Morgan fingerprint density at radius 1 is 0.759 bits per heavy atom. The molecule has 3 aromatic carbocycles. The maximum atomic E-state index is 12.4. The maximum Gasteiger partial charge on any atom is 0.234 e. The number of carbonyl (C=O) groups is 2. The van der Waals surface area contributed by atoms with Crippen LogP contribution in [-0.2, 0) is 9.59 Å². The number of benzene rings is 3. The first-order valence-corrected chi connectivity index (χ1v) is 10.6. The molecule has 0 fully saturated rings. The SMILES string of the molecule is Cc1ccc(NC(=O)CSCC(=O)Nc2ccccc2-c2ccccc2)c(C)c1. The number of carbonyl (C=O) groups excluding carboxylic acids is 2. The van der Waals surface area contributed by atoms with Gasteiger partial charge in [-0.2, -0.15) is 0 Å². The molecule has 0 aromatic heterocycles. The van der Waals surface area contributed by atoms with Gasteiger partial charge in [-0.15, -0.1) is 11.8 Å². The average molecular weight is 405 g/mol. The van der Waals surface area contributed by atoms with Crippen LogP contribution in [0.25, 0.3) is 11.1 Å². The Labute approximate surface area is 175 Å². The van der Waals surface area contributed by atoms with E-state index in [4.69, 9.17) is 0 Å². The maximum absolute atomic E-state index is 12.4. The van der Waals surface area contributed by atoms with Crippen molar-refractivity contribution in [3.8, 4) is 11.1 Å². The number of nitrogens with one attached hydrogen (secondary N) is 2. The lowest BCUT2D eigenvalue weighted by molar-refractivity contribution is -0.114. The van der Waals surface area contributed by atoms with Crippen LogP contribution in [0.5, 0.6) is 0 Å². The lowest BCUT2D eigenvalue weighted by atomic mass is 10.0. The molecule has 0 aliphatic heterocycles.